The van der Waals surface area contributed by atoms with E-state index in [-0.39, 0.29) is 11.5 Å². The van der Waals surface area contributed by atoms with Crippen LogP contribution in [-0.4, -0.2) is 25.5 Å². The molecule has 2 aromatic carbocycles. The van der Waals surface area contributed by atoms with Crippen molar-refractivity contribution in [1.29, 1.82) is 0 Å². The topological polar surface area (TPSA) is 64.7 Å². The number of nitrogens with zero attached hydrogens (tertiary/aromatic N) is 4. The number of nitrogens with one attached hydrogen (secondary N) is 1. The third-order valence-electron chi connectivity index (χ3n) is 4.45. The molecule has 0 spiro atoms. The molecule has 0 aliphatic carbocycles. The minimum atomic E-state index is -0.512. The van der Waals surface area contributed by atoms with Gasteiger partial charge in [-0.3, -0.25) is 4.79 Å². The largest absolute Gasteiger partial charge is 0.320 e. The van der Waals surface area contributed by atoms with Crippen LogP contribution in [-0.2, 0) is 6.54 Å². The van der Waals surface area contributed by atoms with Crippen molar-refractivity contribution in [2.45, 2.75) is 13.5 Å². The molecule has 0 radical (unpaired) electrons. The lowest BCUT2D eigenvalue weighted by Crippen LogP contribution is -2.17. The van der Waals surface area contributed by atoms with Gasteiger partial charge in [-0.2, -0.15) is 0 Å². The van der Waals surface area contributed by atoms with Crippen molar-refractivity contribution in [2.24, 2.45) is 0 Å². The van der Waals surface area contributed by atoms with Crippen LogP contribution in [0.15, 0.2) is 67.0 Å². The minimum Gasteiger partial charge on any atom is -0.320 e. The normalized spacial score (nSPS) is 10.9. The van der Waals surface area contributed by atoms with Crippen LogP contribution in [0.2, 0.25) is 0 Å². The summed E-state index contributed by atoms with van der Waals surface area (Å²) in [6, 6.07) is 14.1. The van der Waals surface area contributed by atoms with Gasteiger partial charge in [-0.25, -0.2) is 13.5 Å². The highest BCUT2D eigenvalue weighted by atomic mass is 19.1. The van der Waals surface area contributed by atoms with Crippen molar-refractivity contribution in [3.05, 3.63) is 95.4 Å². The van der Waals surface area contributed by atoms with Crippen LogP contribution in [0.3, 0.4) is 0 Å². The molecule has 2 heterocycles. The second-order valence-corrected chi connectivity index (χ2v) is 6.55. The number of rotatable bonds is 5. The maximum Gasteiger partial charge on any atom is 0.280 e. The van der Waals surface area contributed by atoms with E-state index in [9.17, 15) is 13.6 Å². The van der Waals surface area contributed by atoms with Gasteiger partial charge in [0.05, 0.1) is 6.54 Å². The quantitative estimate of drug-likeness (QED) is 0.558. The molecule has 0 unspecified atom stereocenters. The second kappa shape index (κ2) is 7.67. The number of halogens is 2. The maximum absolute atomic E-state index is 13.8. The van der Waals surface area contributed by atoms with E-state index < -0.39 is 11.7 Å². The zero-order valence-corrected chi connectivity index (χ0v) is 15.5. The van der Waals surface area contributed by atoms with E-state index in [1.165, 1.54) is 18.2 Å². The minimum absolute atomic E-state index is 0.0873. The molecule has 8 heteroatoms. The fourth-order valence-electron chi connectivity index (χ4n) is 2.92. The van der Waals surface area contributed by atoms with E-state index in [1.807, 2.05) is 12.1 Å². The van der Waals surface area contributed by atoms with Gasteiger partial charge in [-0.1, -0.05) is 23.4 Å². The highest BCUT2D eigenvalue weighted by molar-refractivity contribution is 6.04. The van der Waals surface area contributed by atoms with Crippen LogP contribution >= 0.6 is 0 Å². The Balaban J connectivity index is 1.67. The van der Waals surface area contributed by atoms with Crippen molar-refractivity contribution >= 4 is 11.6 Å². The van der Waals surface area contributed by atoms with E-state index in [0.717, 1.165) is 5.56 Å². The molecular weight excluding hydrogens is 376 g/mol. The molecule has 2 aromatic heterocycles. The molecule has 0 aliphatic heterocycles. The Hall–Kier alpha value is -3.81. The summed E-state index contributed by atoms with van der Waals surface area (Å²) >= 11 is 0. The number of carbonyl (C=O) groups is 1. The second-order valence-electron chi connectivity index (χ2n) is 6.55. The van der Waals surface area contributed by atoms with E-state index in [4.69, 9.17) is 0 Å². The van der Waals surface area contributed by atoms with Crippen LogP contribution in [0.25, 0.3) is 5.82 Å². The van der Waals surface area contributed by atoms with Gasteiger partial charge in [0.15, 0.2) is 11.5 Å². The van der Waals surface area contributed by atoms with Gasteiger partial charge in [0.25, 0.3) is 5.91 Å². The Morgan fingerprint density at radius 3 is 2.48 bits per heavy atom. The molecule has 0 saturated heterocycles. The fraction of sp³-hybridized carbons (Fsp3) is 0.0952. The number of aryl methyl sites for hydroxylation is 1. The van der Waals surface area contributed by atoms with Gasteiger partial charge in [0, 0.05) is 18.1 Å². The van der Waals surface area contributed by atoms with Crippen molar-refractivity contribution in [3.63, 3.8) is 0 Å². The van der Waals surface area contributed by atoms with Gasteiger partial charge in [-0.15, -0.1) is 5.10 Å². The lowest BCUT2D eigenvalue weighted by atomic mass is 10.2. The molecule has 0 saturated carbocycles. The predicted octanol–water partition coefficient (Wildman–Crippen LogP) is 3.96. The first-order valence-corrected chi connectivity index (χ1v) is 8.90. The molecule has 29 heavy (non-hydrogen) atoms. The monoisotopic (exact) mass is 393 g/mol. The van der Waals surface area contributed by atoms with Gasteiger partial charge in [-0.05, 0) is 54.4 Å². The smallest absolute Gasteiger partial charge is 0.280 e. The molecule has 0 fully saturated rings. The van der Waals surface area contributed by atoms with Crippen LogP contribution in [0, 0.1) is 18.6 Å². The molecule has 0 aliphatic rings. The number of hydrogen-bond donors (Lipinski definition) is 1. The predicted molar refractivity (Wildman–Crippen MR) is 104 cm³/mol. The summed E-state index contributed by atoms with van der Waals surface area (Å²) in [5, 5.41) is 10.8. The molecule has 146 valence electrons. The lowest BCUT2D eigenvalue weighted by molar-refractivity contribution is 0.102. The Morgan fingerprint density at radius 1 is 1.07 bits per heavy atom. The number of benzene rings is 2. The van der Waals surface area contributed by atoms with E-state index in [0.29, 0.717) is 23.6 Å². The third-order valence-corrected chi connectivity index (χ3v) is 4.45. The number of amides is 1. The molecule has 1 amide bonds. The van der Waals surface area contributed by atoms with Crippen LogP contribution in [0.5, 0.6) is 0 Å². The number of hydrogen-bond acceptors (Lipinski definition) is 3. The molecule has 1 N–H and O–H groups in total. The molecule has 0 bridgehead atoms. The average Bonchev–Trinajstić information content (AvgIpc) is 3.36. The standard InChI is InChI=1S/C21H17F2N5O/c1-14-4-9-17(12-18(14)23)24-20(29)19-21(27-10-2-3-11-27)28(26-25-19)13-15-5-7-16(22)8-6-15/h2-12H,13H2,1H3,(H,24,29). The molecule has 4 rings (SSSR count). The number of anilines is 1. The van der Waals surface area contributed by atoms with Crippen molar-refractivity contribution in [2.75, 3.05) is 5.32 Å². The highest BCUT2D eigenvalue weighted by Crippen LogP contribution is 2.18. The molecule has 4 aromatic rings. The van der Waals surface area contributed by atoms with Crippen molar-refractivity contribution < 1.29 is 13.6 Å². The first kappa shape index (κ1) is 18.5. The van der Waals surface area contributed by atoms with Gasteiger partial charge in [0.1, 0.15) is 11.6 Å². The Labute approximate surface area is 165 Å². The molecule has 0 atom stereocenters. The highest BCUT2D eigenvalue weighted by Gasteiger charge is 2.21. The lowest BCUT2D eigenvalue weighted by Gasteiger charge is -2.10. The van der Waals surface area contributed by atoms with E-state index in [1.54, 1.807) is 52.8 Å². The summed E-state index contributed by atoms with van der Waals surface area (Å²) in [6.07, 6.45) is 3.53. The zero-order valence-electron chi connectivity index (χ0n) is 15.5. The Kier molecular flexibility index (Phi) is 4.90. The first-order chi connectivity index (χ1) is 14.0. The van der Waals surface area contributed by atoms with Gasteiger partial charge >= 0.3 is 0 Å². The summed E-state index contributed by atoms with van der Waals surface area (Å²) in [5.74, 6) is -0.802. The summed E-state index contributed by atoms with van der Waals surface area (Å²) < 4.78 is 30.2. The van der Waals surface area contributed by atoms with Gasteiger partial charge < -0.3 is 9.88 Å². The number of aromatic nitrogens is 4. The Morgan fingerprint density at radius 2 is 1.79 bits per heavy atom. The zero-order chi connectivity index (χ0) is 20.4. The summed E-state index contributed by atoms with van der Waals surface area (Å²) in [7, 11) is 0. The average molecular weight is 393 g/mol. The first-order valence-electron chi connectivity index (χ1n) is 8.90. The van der Waals surface area contributed by atoms with Crippen molar-refractivity contribution in [1.82, 2.24) is 19.6 Å². The van der Waals surface area contributed by atoms with Crippen LogP contribution < -0.4 is 5.32 Å². The SMILES string of the molecule is Cc1ccc(NC(=O)c2nnn(Cc3ccc(F)cc3)c2-n2cccc2)cc1F. The summed E-state index contributed by atoms with van der Waals surface area (Å²) in [5.41, 5.74) is 1.70. The summed E-state index contributed by atoms with van der Waals surface area (Å²) in [6.45, 7) is 1.94. The van der Waals surface area contributed by atoms with Crippen LogP contribution in [0.1, 0.15) is 21.6 Å². The van der Waals surface area contributed by atoms with Crippen LogP contribution in [0.4, 0.5) is 14.5 Å². The maximum atomic E-state index is 13.8. The number of carbonyl (C=O) groups excluding carboxylic acids is 1. The van der Waals surface area contributed by atoms with Gasteiger partial charge in [0.2, 0.25) is 0 Å². The van der Waals surface area contributed by atoms with E-state index in [2.05, 4.69) is 15.6 Å². The van der Waals surface area contributed by atoms with E-state index >= 15 is 0 Å². The fourth-order valence-corrected chi connectivity index (χ4v) is 2.92. The molecular formula is C21H17F2N5O. The molecule has 6 nitrogen and oxygen atoms in total. The third kappa shape index (κ3) is 3.91. The Bertz CT molecular complexity index is 1150. The summed E-state index contributed by atoms with van der Waals surface area (Å²) in [4.78, 5) is 12.8. The van der Waals surface area contributed by atoms with Crippen molar-refractivity contribution in [3.8, 4) is 5.82 Å².